The van der Waals surface area contributed by atoms with Crippen LogP contribution in [-0.2, 0) is 16.6 Å². The van der Waals surface area contributed by atoms with Crippen molar-refractivity contribution in [2.24, 2.45) is 0 Å². The lowest BCUT2D eigenvalue weighted by molar-refractivity contribution is 0.590. The monoisotopic (exact) mass is 352 g/mol. The molecule has 0 radical (unpaired) electrons. The van der Waals surface area contributed by atoms with Gasteiger partial charge in [-0.2, -0.15) is 0 Å². The van der Waals surface area contributed by atoms with Crippen molar-refractivity contribution in [3.8, 4) is 0 Å². The van der Waals surface area contributed by atoms with Gasteiger partial charge in [-0.05, 0) is 42.3 Å². The van der Waals surface area contributed by atoms with E-state index >= 15 is 0 Å². The molecule has 0 spiro atoms. The van der Waals surface area contributed by atoms with Crippen molar-refractivity contribution in [2.45, 2.75) is 18.4 Å². The number of nitrogen functional groups attached to an aromatic ring is 1. The van der Waals surface area contributed by atoms with Crippen LogP contribution in [0.4, 0.5) is 11.4 Å². The first-order valence-corrected chi connectivity index (χ1v) is 9.40. The summed E-state index contributed by atoms with van der Waals surface area (Å²) in [6.45, 7) is 2.10. The molecule has 0 fully saturated rings. The van der Waals surface area contributed by atoms with Crippen LogP contribution < -0.4 is 10.0 Å². The highest BCUT2D eigenvalue weighted by Gasteiger charge is 2.25. The molecule has 0 aliphatic carbocycles. The van der Waals surface area contributed by atoms with E-state index in [0.717, 1.165) is 11.1 Å². The predicted molar refractivity (Wildman–Crippen MR) is 102 cm³/mol. The van der Waals surface area contributed by atoms with Crippen molar-refractivity contribution in [1.29, 1.82) is 0 Å². The highest BCUT2D eigenvalue weighted by atomic mass is 32.2. The maximum absolute atomic E-state index is 13.3. The van der Waals surface area contributed by atoms with E-state index in [1.807, 2.05) is 55.5 Å². The molecular weight excluding hydrogens is 332 g/mol. The molecule has 0 heterocycles. The summed E-state index contributed by atoms with van der Waals surface area (Å²) in [5, 5.41) is 0. The highest BCUT2D eigenvalue weighted by molar-refractivity contribution is 7.92. The van der Waals surface area contributed by atoms with Gasteiger partial charge in [0.2, 0.25) is 0 Å². The van der Waals surface area contributed by atoms with Crippen LogP contribution in [0.3, 0.4) is 0 Å². The van der Waals surface area contributed by atoms with Crippen molar-refractivity contribution in [2.75, 3.05) is 10.0 Å². The normalized spacial score (nSPS) is 11.2. The summed E-state index contributed by atoms with van der Waals surface area (Å²) in [6, 6.07) is 23.5. The number of nitrogens with zero attached hydrogens (tertiary/aromatic N) is 1. The number of nitrogens with two attached hydrogens (primary N) is 1. The molecule has 0 aliphatic heterocycles. The van der Waals surface area contributed by atoms with Gasteiger partial charge in [-0.25, -0.2) is 8.42 Å². The molecule has 2 N–H and O–H groups in total. The Morgan fingerprint density at radius 2 is 1.48 bits per heavy atom. The van der Waals surface area contributed by atoms with Crippen LogP contribution in [0.15, 0.2) is 83.8 Å². The van der Waals surface area contributed by atoms with Crippen LogP contribution in [0.2, 0.25) is 0 Å². The molecule has 0 aliphatic rings. The van der Waals surface area contributed by atoms with Gasteiger partial charge in [0.25, 0.3) is 10.0 Å². The van der Waals surface area contributed by atoms with Crippen molar-refractivity contribution >= 4 is 21.4 Å². The Kier molecular flexibility index (Phi) is 4.76. The molecule has 0 aromatic heterocycles. The topological polar surface area (TPSA) is 63.4 Å². The van der Waals surface area contributed by atoms with Gasteiger partial charge in [-0.1, -0.05) is 54.6 Å². The van der Waals surface area contributed by atoms with E-state index in [-0.39, 0.29) is 11.4 Å². The Hall–Kier alpha value is -2.79. The summed E-state index contributed by atoms with van der Waals surface area (Å²) in [4.78, 5) is 0.190. The fourth-order valence-electron chi connectivity index (χ4n) is 2.56. The number of aryl methyl sites for hydroxylation is 1. The summed E-state index contributed by atoms with van der Waals surface area (Å²) in [6.07, 6.45) is 0. The van der Waals surface area contributed by atoms with E-state index in [2.05, 4.69) is 0 Å². The molecule has 4 nitrogen and oxygen atoms in total. The van der Waals surface area contributed by atoms with Crippen LogP contribution in [0, 0.1) is 6.92 Å². The lowest BCUT2D eigenvalue weighted by Gasteiger charge is -2.25. The van der Waals surface area contributed by atoms with Gasteiger partial charge in [-0.3, -0.25) is 4.31 Å². The molecule has 5 heteroatoms. The van der Waals surface area contributed by atoms with Crippen LogP contribution in [0.1, 0.15) is 11.1 Å². The number of sulfonamides is 1. The number of hydrogen-bond donors (Lipinski definition) is 1. The second-order valence-electron chi connectivity index (χ2n) is 5.85. The molecule has 128 valence electrons. The molecule has 0 bridgehead atoms. The zero-order chi connectivity index (χ0) is 17.9. The zero-order valence-electron chi connectivity index (χ0n) is 14.0. The molecule has 3 aromatic carbocycles. The minimum atomic E-state index is -3.74. The first-order chi connectivity index (χ1) is 12.0. The number of rotatable bonds is 5. The van der Waals surface area contributed by atoms with Crippen LogP contribution >= 0.6 is 0 Å². The SMILES string of the molecule is Cc1ccc(S(=O)(=O)N(Cc2ccccc2)c2ccccc2)cc1N. The average Bonchev–Trinajstić information content (AvgIpc) is 2.63. The Morgan fingerprint density at radius 1 is 0.880 bits per heavy atom. The maximum Gasteiger partial charge on any atom is 0.264 e. The highest BCUT2D eigenvalue weighted by Crippen LogP contribution is 2.27. The van der Waals surface area contributed by atoms with E-state index in [0.29, 0.717) is 11.4 Å². The minimum absolute atomic E-state index is 0.190. The molecular formula is C20H20N2O2S. The molecule has 0 saturated carbocycles. The van der Waals surface area contributed by atoms with Crippen molar-refractivity contribution in [3.05, 3.63) is 90.0 Å². The Morgan fingerprint density at radius 3 is 2.08 bits per heavy atom. The largest absolute Gasteiger partial charge is 0.398 e. The molecule has 0 atom stereocenters. The van der Waals surface area contributed by atoms with E-state index < -0.39 is 10.0 Å². The van der Waals surface area contributed by atoms with E-state index in [4.69, 9.17) is 5.73 Å². The van der Waals surface area contributed by atoms with Crippen molar-refractivity contribution in [1.82, 2.24) is 0 Å². The Labute approximate surface area is 148 Å². The molecule has 0 unspecified atom stereocenters. The smallest absolute Gasteiger partial charge is 0.264 e. The quantitative estimate of drug-likeness (QED) is 0.707. The second kappa shape index (κ2) is 6.99. The molecule has 3 aromatic rings. The van der Waals surface area contributed by atoms with Gasteiger partial charge in [0, 0.05) is 5.69 Å². The third-order valence-electron chi connectivity index (χ3n) is 4.05. The lowest BCUT2D eigenvalue weighted by atomic mass is 10.2. The third-order valence-corrected chi connectivity index (χ3v) is 5.82. The molecule has 0 saturated heterocycles. The third kappa shape index (κ3) is 3.67. The summed E-state index contributed by atoms with van der Waals surface area (Å²) in [7, 11) is -3.74. The fraction of sp³-hybridized carbons (Fsp3) is 0.100. The first-order valence-electron chi connectivity index (χ1n) is 7.96. The van der Waals surface area contributed by atoms with Gasteiger partial charge in [-0.15, -0.1) is 0 Å². The van der Waals surface area contributed by atoms with Gasteiger partial charge >= 0.3 is 0 Å². The Bertz CT molecular complexity index is 956. The number of para-hydroxylation sites is 1. The van der Waals surface area contributed by atoms with Gasteiger partial charge in [0.15, 0.2) is 0 Å². The van der Waals surface area contributed by atoms with Gasteiger partial charge in [0.05, 0.1) is 17.1 Å². The summed E-state index contributed by atoms with van der Waals surface area (Å²) >= 11 is 0. The van der Waals surface area contributed by atoms with Crippen molar-refractivity contribution < 1.29 is 8.42 Å². The summed E-state index contributed by atoms with van der Waals surface area (Å²) in [5.74, 6) is 0. The minimum Gasteiger partial charge on any atom is -0.398 e. The summed E-state index contributed by atoms with van der Waals surface area (Å²) < 4.78 is 28.0. The molecule has 0 amide bonds. The molecule has 3 rings (SSSR count). The van der Waals surface area contributed by atoms with Gasteiger partial charge < -0.3 is 5.73 Å². The van der Waals surface area contributed by atoms with E-state index in [1.54, 1.807) is 24.3 Å². The number of anilines is 2. The standard InChI is InChI=1S/C20H20N2O2S/c1-16-12-13-19(14-20(16)21)25(23,24)22(18-10-6-3-7-11-18)15-17-8-4-2-5-9-17/h2-14H,15,21H2,1H3. The van der Waals surface area contributed by atoms with Crippen LogP contribution in [0.5, 0.6) is 0 Å². The number of hydrogen-bond acceptors (Lipinski definition) is 3. The van der Waals surface area contributed by atoms with Gasteiger partial charge in [0.1, 0.15) is 0 Å². The van der Waals surface area contributed by atoms with E-state index in [9.17, 15) is 8.42 Å². The zero-order valence-corrected chi connectivity index (χ0v) is 14.8. The van der Waals surface area contributed by atoms with Crippen molar-refractivity contribution in [3.63, 3.8) is 0 Å². The molecule has 25 heavy (non-hydrogen) atoms. The first kappa shape index (κ1) is 17.0. The lowest BCUT2D eigenvalue weighted by Crippen LogP contribution is -2.30. The average molecular weight is 352 g/mol. The van der Waals surface area contributed by atoms with Crippen LogP contribution in [-0.4, -0.2) is 8.42 Å². The second-order valence-corrected chi connectivity index (χ2v) is 7.71. The fourth-order valence-corrected chi connectivity index (χ4v) is 4.05. The Balaban J connectivity index is 2.08. The van der Waals surface area contributed by atoms with Crippen LogP contribution in [0.25, 0.3) is 0 Å². The van der Waals surface area contributed by atoms with E-state index in [1.165, 1.54) is 10.4 Å². The number of benzene rings is 3. The predicted octanol–water partition coefficient (Wildman–Crippen LogP) is 3.97. The maximum atomic E-state index is 13.3. The summed E-state index contributed by atoms with van der Waals surface area (Å²) in [5.41, 5.74) is 8.78.